The summed E-state index contributed by atoms with van der Waals surface area (Å²) < 4.78 is 5.22. The maximum Gasteiger partial charge on any atom is 0.407 e. The second kappa shape index (κ2) is 20.7. The fraction of sp³-hybridized carbons (Fsp3) is 0.472. The van der Waals surface area contributed by atoms with Crippen LogP contribution in [0, 0.1) is 12.8 Å². The molecule has 0 saturated carbocycles. The molecule has 1 aliphatic heterocycles. The third-order valence-corrected chi connectivity index (χ3v) is 8.43. The molecule has 2 atom stereocenters. The second-order valence-electron chi connectivity index (χ2n) is 12.6. The van der Waals surface area contributed by atoms with Gasteiger partial charge >= 0.3 is 6.09 Å². The van der Waals surface area contributed by atoms with Gasteiger partial charge in [-0.1, -0.05) is 50.1 Å². The summed E-state index contributed by atoms with van der Waals surface area (Å²) in [4.78, 5) is 87.0. The zero-order chi connectivity index (χ0) is 37.3. The lowest BCUT2D eigenvalue weighted by Crippen LogP contribution is -2.51. The molecule has 0 aromatic heterocycles. The Labute approximate surface area is 303 Å². The lowest BCUT2D eigenvalue weighted by molar-refractivity contribution is -0.138. The molecule has 1 aliphatic rings. The smallest absolute Gasteiger partial charge is 0.407 e. The summed E-state index contributed by atoms with van der Waals surface area (Å²) in [7, 11) is 0. The number of amides is 7. The normalized spacial score (nSPS) is 14.5. The van der Waals surface area contributed by atoms with Crippen molar-refractivity contribution in [2.75, 3.05) is 31.5 Å². The molecule has 0 bridgehead atoms. The van der Waals surface area contributed by atoms with E-state index in [9.17, 15) is 33.6 Å². The van der Waals surface area contributed by atoms with E-state index in [1.54, 1.807) is 50.2 Å². The van der Waals surface area contributed by atoms with Gasteiger partial charge in [-0.2, -0.15) is 12.6 Å². The van der Waals surface area contributed by atoms with Crippen LogP contribution in [-0.2, 0) is 35.3 Å². The number of ether oxygens (including phenoxy) is 1. The van der Waals surface area contributed by atoms with Crippen LogP contribution < -0.4 is 26.6 Å². The number of hydrogen-bond acceptors (Lipinski definition) is 9. The van der Waals surface area contributed by atoms with E-state index in [0.29, 0.717) is 62.1 Å². The van der Waals surface area contributed by atoms with Crippen LogP contribution in [0.1, 0.15) is 73.9 Å². The summed E-state index contributed by atoms with van der Waals surface area (Å²) in [6, 6.07) is 13.1. The molecule has 1 saturated heterocycles. The van der Waals surface area contributed by atoms with Gasteiger partial charge in [-0.3, -0.25) is 33.7 Å². The zero-order valence-corrected chi connectivity index (χ0v) is 30.2. The van der Waals surface area contributed by atoms with Crippen LogP contribution in [0.5, 0.6) is 0 Å². The number of anilines is 1. The second-order valence-corrected chi connectivity index (χ2v) is 13.3. The Bertz CT molecular complexity index is 1530. The molecule has 276 valence electrons. The minimum atomic E-state index is -0.834. The summed E-state index contributed by atoms with van der Waals surface area (Å²) >= 11 is 4.11. The molecule has 2 aromatic rings. The molecule has 2 unspecified atom stereocenters. The Morgan fingerprint density at radius 1 is 0.863 bits per heavy atom. The molecule has 0 spiro atoms. The van der Waals surface area contributed by atoms with Crippen LogP contribution in [0.3, 0.4) is 0 Å². The van der Waals surface area contributed by atoms with Gasteiger partial charge in [0.1, 0.15) is 12.6 Å². The van der Waals surface area contributed by atoms with Crippen molar-refractivity contribution in [3.63, 3.8) is 0 Å². The predicted molar refractivity (Wildman–Crippen MR) is 194 cm³/mol. The fourth-order valence-corrected chi connectivity index (χ4v) is 5.36. The summed E-state index contributed by atoms with van der Waals surface area (Å²) in [5, 5.41) is 12.8. The van der Waals surface area contributed by atoms with Crippen molar-refractivity contribution < 1.29 is 38.3 Å². The Hall–Kier alpha value is -4.92. The van der Waals surface area contributed by atoms with Gasteiger partial charge < -0.3 is 31.3 Å². The third kappa shape index (κ3) is 14.1. The number of carbonyl (C=O) groups excluding carboxylic acids is 7. The van der Waals surface area contributed by atoms with Crippen LogP contribution in [0.4, 0.5) is 10.5 Å². The molecule has 1 heterocycles. The molecule has 0 aliphatic carbocycles. The van der Waals surface area contributed by atoms with Crippen LogP contribution in [0.25, 0.3) is 0 Å². The van der Waals surface area contributed by atoms with E-state index in [1.807, 2.05) is 19.1 Å². The van der Waals surface area contributed by atoms with Gasteiger partial charge in [0, 0.05) is 43.7 Å². The van der Waals surface area contributed by atoms with Gasteiger partial charge in [-0.25, -0.2) is 4.79 Å². The van der Waals surface area contributed by atoms with Gasteiger partial charge in [0.15, 0.2) is 0 Å². The van der Waals surface area contributed by atoms with Crippen molar-refractivity contribution in [1.29, 1.82) is 0 Å². The first-order valence-corrected chi connectivity index (χ1v) is 17.6. The molecule has 3 rings (SSSR count). The van der Waals surface area contributed by atoms with Crippen molar-refractivity contribution in [3.05, 3.63) is 65.2 Å². The molecular formula is C36H48N6O8S. The summed E-state index contributed by atoms with van der Waals surface area (Å²) in [5.74, 6) is -2.18. The van der Waals surface area contributed by atoms with Gasteiger partial charge in [0.05, 0.1) is 11.8 Å². The van der Waals surface area contributed by atoms with E-state index in [0.717, 1.165) is 5.56 Å². The van der Waals surface area contributed by atoms with Crippen LogP contribution in [-0.4, -0.2) is 83.9 Å². The molecule has 51 heavy (non-hydrogen) atoms. The highest BCUT2D eigenvalue weighted by atomic mass is 32.1. The van der Waals surface area contributed by atoms with E-state index in [-0.39, 0.29) is 55.5 Å². The number of nitrogens with one attached hydrogen (secondary N) is 5. The van der Waals surface area contributed by atoms with Gasteiger partial charge in [0.2, 0.25) is 29.5 Å². The number of likely N-dealkylation sites (tertiary alicyclic amines) is 1. The number of thiol groups is 1. The SMILES string of the molecule is Cc1ccc(C(=O)NCCCNC(=O)OCc2ccc(NC(=O)CNC(=O)C(NC(=O)CCCCCN3C(=O)CC(S)C3=O)C(C)C)cc2)cc1. The Morgan fingerprint density at radius 3 is 2.20 bits per heavy atom. The Kier molecular flexibility index (Phi) is 16.4. The maximum absolute atomic E-state index is 12.8. The van der Waals surface area contributed by atoms with Crippen molar-refractivity contribution in [3.8, 4) is 0 Å². The molecule has 14 nitrogen and oxygen atoms in total. The van der Waals surface area contributed by atoms with Gasteiger partial charge in [-0.05, 0) is 61.9 Å². The summed E-state index contributed by atoms with van der Waals surface area (Å²) in [6.07, 6.45) is 1.95. The van der Waals surface area contributed by atoms with Crippen molar-refractivity contribution >= 4 is 59.9 Å². The standard InChI is InChI=1S/C36H48N6O8S/c1-23(2)32(41-29(43)8-5-4-6-19-42-31(45)20-28(51)35(42)48)34(47)39-21-30(44)40-27-15-11-25(12-16-27)22-50-36(49)38-18-7-17-37-33(46)26-13-9-24(3)10-14-26/h9-16,23,28,32,51H,4-8,17-22H2,1-3H3,(H,37,46)(H,38,49)(H,39,47)(H,40,44)(H,41,43). The quantitative estimate of drug-likeness (QED) is 0.0724. The molecule has 5 N–H and O–H groups in total. The lowest BCUT2D eigenvalue weighted by Gasteiger charge is -2.21. The van der Waals surface area contributed by atoms with Crippen LogP contribution >= 0.6 is 12.6 Å². The topological polar surface area (TPSA) is 192 Å². The predicted octanol–water partition coefficient (Wildman–Crippen LogP) is 2.85. The van der Waals surface area contributed by atoms with E-state index < -0.39 is 29.2 Å². The first kappa shape index (κ1) is 40.5. The molecule has 0 radical (unpaired) electrons. The molecular weight excluding hydrogens is 676 g/mol. The molecule has 15 heteroatoms. The molecule has 1 fully saturated rings. The zero-order valence-electron chi connectivity index (χ0n) is 29.3. The number of rotatable bonds is 19. The lowest BCUT2D eigenvalue weighted by atomic mass is 10.0. The number of imide groups is 1. The van der Waals surface area contributed by atoms with Gasteiger partial charge in [-0.15, -0.1) is 0 Å². The minimum absolute atomic E-state index is 0.0139. The first-order valence-electron chi connectivity index (χ1n) is 17.1. The minimum Gasteiger partial charge on any atom is -0.445 e. The Morgan fingerprint density at radius 2 is 1.55 bits per heavy atom. The van der Waals surface area contributed by atoms with Crippen LogP contribution in [0.2, 0.25) is 0 Å². The van der Waals surface area contributed by atoms with E-state index >= 15 is 0 Å². The fourth-order valence-electron chi connectivity index (χ4n) is 5.07. The third-order valence-electron chi connectivity index (χ3n) is 8.02. The maximum atomic E-state index is 12.8. The number of alkyl carbamates (subject to hydrolysis) is 1. The van der Waals surface area contributed by atoms with E-state index in [1.165, 1.54) is 4.90 Å². The highest BCUT2D eigenvalue weighted by molar-refractivity contribution is 7.81. The van der Waals surface area contributed by atoms with Crippen molar-refractivity contribution in [2.45, 2.75) is 77.2 Å². The Balaban J connectivity index is 1.27. The summed E-state index contributed by atoms with van der Waals surface area (Å²) in [6.45, 7) is 6.25. The van der Waals surface area contributed by atoms with Crippen molar-refractivity contribution in [1.82, 2.24) is 26.2 Å². The highest BCUT2D eigenvalue weighted by Gasteiger charge is 2.35. The monoisotopic (exact) mass is 724 g/mol. The van der Waals surface area contributed by atoms with E-state index in [2.05, 4.69) is 39.2 Å². The number of hydrogen-bond donors (Lipinski definition) is 6. The number of benzene rings is 2. The van der Waals surface area contributed by atoms with Crippen molar-refractivity contribution in [2.24, 2.45) is 5.92 Å². The molecule has 2 aromatic carbocycles. The number of carbonyl (C=O) groups is 7. The molecule has 7 amide bonds. The largest absolute Gasteiger partial charge is 0.445 e. The van der Waals surface area contributed by atoms with E-state index in [4.69, 9.17) is 4.74 Å². The number of aryl methyl sites for hydroxylation is 1. The number of nitrogens with zero attached hydrogens (tertiary/aromatic N) is 1. The van der Waals surface area contributed by atoms with Crippen LogP contribution in [0.15, 0.2) is 48.5 Å². The number of unbranched alkanes of at least 4 members (excludes halogenated alkanes) is 2. The average Bonchev–Trinajstić information content (AvgIpc) is 3.34. The summed E-state index contributed by atoms with van der Waals surface area (Å²) in [5.41, 5.74) is 2.82. The first-order chi connectivity index (χ1) is 24.3. The average molecular weight is 725 g/mol. The van der Waals surface area contributed by atoms with Gasteiger partial charge in [0.25, 0.3) is 5.91 Å². The highest BCUT2D eigenvalue weighted by Crippen LogP contribution is 2.18.